The summed E-state index contributed by atoms with van der Waals surface area (Å²) < 4.78 is 1.87. The predicted molar refractivity (Wildman–Crippen MR) is 129 cm³/mol. The topological polar surface area (TPSA) is 46.8 Å². The highest BCUT2D eigenvalue weighted by atomic mass is 15.4. The number of anilines is 3. The van der Waals surface area contributed by atoms with Crippen LogP contribution in [0.2, 0.25) is 0 Å². The molecule has 0 unspecified atom stereocenters. The van der Waals surface area contributed by atoms with Crippen LogP contribution in [-0.4, -0.2) is 19.7 Å². The summed E-state index contributed by atoms with van der Waals surface area (Å²) in [7, 11) is 0. The van der Waals surface area contributed by atoms with Crippen molar-refractivity contribution in [2.75, 3.05) is 4.90 Å². The van der Waals surface area contributed by atoms with Crippen LogP contribution in [0.25, 0.3) is 16.9 Å². The molecular formula is C27H23N5. The lowest BCUT2D eigenvalue weighted by Crippen LogP contribution is -2.13. The van der Waals surface area contributed by atoms with E-state index in [0.29, 0.717) is 0 Å². The van der Waals surface area contributed by atoms with Crippen LogP contribution >= 0.6 is 0 Å². The van der Waals surface area contributed by atoms with Crippen LogP contribution in [0.3, 0.4) is 0 Å². The second-order valence-corrected chi connectivity index (χ2v) is 7.59. The SMILES string of the molecule is Cc1ccc(-n2ccc(N(c3ccccc3)c3cccc(-c4ccccc4)n3)n2)c(C)n1. The van der Waals surface area contributed by atoms with Gasteiger partial charge in [0.05, 0.1) is 17.1 Å². The van der Waals surface area contributed by atoms with Crippen molar-refractivity contribution in [3.8, 4) is 16.9 Å². The largest absolute Gasteiger partial charge is 0.278 e. The van der Waals surface area contributed by atoms with Crippen LogP contribution < -0.4 is 4.90 Å². The van der Waals surface area contributed by atoms with Gasteiger partial charge in [-0.05, 0) is 50.2 Å². The first kappa shape index (κ1) is 19.7. The highest BCUT2D eigenvalue weighted by Gasteiger charge is 2.17. The third-order valence-electron chi connectivity index (χ3n) is 5.30. The summed E-state index contributed by atoms with van der Waals surface area (Å²) in [5.74, 6) is 1.59. The van der Waals surface area contributed by atoms with Crippen molar-refractivity contribution in [3.05, 3.63) is 115 Å². The van der Waals surface area contributed by atoms with E-state index in [1.807, 2.05) is 91.5 Å². The maximum Gasteiger partial charge on any atom is 0.161 e. The molecule has 32 heavy (non-hydrogen) atoms. The van der Waals surface area contributed by atoms with Gasteiger partial charge in [0.2, 0.25) is 0 Å². The molecule has 0 bridgehead atoms. The molecule has 0 amide bonds. The fourth-order valence-corrected chi connectivity index (χ4v) is 3.77. The summed E-state index contributed by atoms with van der Waals surface area (Å²) in [5, 5.41) is 4.89. The zero-order valence-corrected chi connectivity index (χ0v) is 18.1. The molecule has 5 rings (SSSR count). The number of hydrogen-bond acceptors (Lipinski definition) is 4. The Bertz CT molecular complexity index is 1340. The molecule has 0 spiro atoms. The molecule has 0 aliphatic heterocycles. The maximum absolute atomic E-state index is 4.97. The number of aryl methyl sites for hydroxylation is 2. The van der Waals surface area contributed by atoms with Gasteiger partial charge in [-0.3, -0.25) is 9.88 Å². The Labute approximate surface area is 187 Å². The van der Waals surface area contributed by atoms with Gasteiger partial charge in [-0.15, -0.1) is 5.10 Å². The van der Waals surface area contributed by atoms with Crippen LogP contribution in [0.5, 0.6) is 0 Å². The molecule has 0 saturated carbocycles. The van der Waals surface area contributed by atoms with Crippen molar-refractivity contribution in [2.45, 2.75) is 13.8 Å². The van der Waals surface area contributed by atoms with Crippen LogP contribution in [0.1, 0.15) is 11.4 Å². The fourth-order valence-electron chi connectivity index (χ4n) is 3.77. The van der Waals surface area contributed by atoms with Gasteiger partial charge in [-0.25, -0.2) is 9.67 Å². The van der Waals surface area contributed by atoms with Crippen molar-refractivity contribution in [1.82, 2.24) is 19.7 Å². The number of nitrogens with zero attached hydrogens (tertiary/aromatic N) is 5. The molecule has 5 heteroatoms. The monoisotopic (exact) mass is 417 g/mol. The molecule has 3 heterocycles. The zero-order chi connectivity index (χ0) is 21.9. The van der Waals surface area contributed by atoms with Gasteiger partial charge in [0.25, 0.3) is 0 Å². The Morgan fingerprint density at radius 1 is 0.656 bits per heavy atom. The smallest absolute Gasteiger partial charge is 0.161 e. The Balaban J connectivity index is 1.60. The molecule has 0 N–H and O–H groups in total. The molecule has 5 aromatic rings. The molecular weight excluding hydrogens is 394 g/mol. The first-order chi connectivity index (χ1) is 15.7. The van der Waals surface area contributed by atoms with E-state index >= 15 is 0 Å². The second-order valence-electron chi connectivity index (χ2n) is 7.59. The van der Waals surface area contributed by atoms with E-state index in [1.54, 1.807) is 0 Å². The van der Waals surface area contributed by atoms with Crippen LogP contribution in [0, 0.1) is 13.8 Å². The van der Waals surface area contributed by atoms with Gasteiger partial charge in [-0.2, -0.15) is 0 Å². The van der Waals surface area contributed by atoms with Gasteiger partial charge < -0.3 is 0 Å². The molecule has 5 nitrogen and oxygen atoms in total. The Morgan fingerprint density at radius 3 is 2.16 bits per heavy atom. The summed E-state index contributed by atoms with van der Waals surface area (Å²) >= 11 is 0. The number of aromatic nitrogens is 4. The predicted octanol–water partition coefficient (Wildman–Crippen LogP) is 6.42. The van der Waals surface area contributed by atoms with E-state index in [4.69, 9.17) is 10.1 Å². The third-order valence-corrected chi connectivity index (χ3v) is 5.30. The van der Waals surface area contributed by atoms with E-state index < -0.39 is 0 Å². The first-order valence-electron chi connectivity index (χ1n) is 10.6. The van der Waals surface area contributed by atoms with Crippen molar-refractivity contribution >= 4 is 17.3 Å². The average molecular weight is 418 g/mol. The highest BCUT2D eigenvalue weighted by molar-refractivity contribution is 5.73. The Morgan fingerprint density at radius 2 is 1.41 bits per heavy atom. The van der Waals surface area contributed by atoms with Crippen molar-refractivity contribution in [3.63, 3.8) is 0 Å². The molecule has 0 atom stereocenters. The molecule has 0 fully saturated rings. The van der Waals surface area contributed by atoms with E-state index in [0.717, 1.165) is 45.7 Å². The van der Waals surface area contributed by atoms with Crippen LogP contribution in [0.15, 0.2) is 103 Å². The summed E-state index contributed by atoms with van der Waals surface area (Å²) in [4.78, 5) is 11.6. The normalized spacial score (nSPS) is 10.8. The number of pyridine rings is 2. The van der Waals surface area contributed by atoms with Gasteiger partial charge in [0.1, 0.15) is 5.82 Å². The Kier molecular flexibility index (Phi) is 5.22. The molecule has 0 saturated heterocycles. The lowest BCUT2D eigenvalue weighted by Gasteiger charge is -2.22. The standard InChI is InChI=1S/C27H23N5/c1-20-16-17-25(21(2)28-20)31-19-18-27(30-31)32(23-12-7-4-8-13-23)26-15-9-14-24(29-26)22-10-5-3-6-11-22/h3-19H,1-2H3. The minimum absolute atomic E-state index is 0.786. The fraction of sp³-hybridized carbons (Fsp3) is 0.0741. The van der Waals surface area contributed by atoms with Crippen LogP contribution in [-0.2, 0) is 0 Å². The molecule has 0 aliphatic carbocycles. The zero-order valence-electron chi connectivity index (χ0n) is 18.1. The number of benzene rings is 2. The average Bonchev–Trinajstić information content (AvgIpc) is 3.30. The van der Waals surface area contributed by atoms with Gasteiger partial charge in [0, 0.05) is 29.2 Å². The second kappa shape index (κ2) is 8.47. The number of para-hydroxylation sites is 1. The quantitative estimate of drug-likeness (QED) is 0.331. The summed E-state index contributed by atoms with van der Waals surface area (Å²) in [5.41, 5.74) is 5.88. The number of rotatable bonds is 5. The minimum Gasteiger partial charge on any atom is -0.278 e. The maximum atomic E-state index is 4.97. The van der Waals surface area contributed by atoms with Crippen molar-refractivity contribution < 1.29 is 0 Å². The molecule has 3 aromatic heterocycles. The summed E-state index contributed by atoms with van der Waals surface area (Å²) in [6, 6.07) is 32.5. The highest BCUT2D eigenvalue weighted by Crippen LogP contribution is 2.33. The van der Waals surface area contributed by atoms with Crippen molar-refractivity contribution in [2.24, 2.45) is 0 Å². The Hall–Kier alpha value is -4.25. The first-order valence-corrected chi connectivity index (χ1v) is 10.6. The number of hydrogen-bond donors (Lipinski definition) is 0. The molecule has 2 aromatic carbocycles. The van der Waals surface area contributed by atoms with E-state index in [2.05, 4.69) is 40.2 Å². The van der Waals surface area contributed by atoms with E-state index in [9.17, 15) is 0 Å². The molecule has 0 aliphatic rings. The van der Waals surface area contributed by atoms with Crippen LogP contribution in [0.4, 0.5) is 17.3 Å². The molecule has 156 valence electrons. The lowest BCUT2D eigenvalue weighted by molar-refractivity contribution is 0.854. The van der Waals surface area contributed by atoms with Gasteiger partial charge in [0.15, 0.2) is 5.82 Å². The molecule has 0 radical (unpaired) electrons. The van der Waals surface area contributed by atoms with E-state index in [-0.39, 0.29) is 0 Å². The van der Waals surface area contributed by atoms with E-state index in [1.165, 1.54) is 0 Å². The summed E-state index contributed by atoms with van der Waals surface area (Å²) in [6.07, 6.45) is 1.96. The third kappa shape index (κ3) is 3.88. The van der Waals surface area contributed by atoms with Crippen molar-refractivity contribution in [1.29, 1.82) is 0 Å². The van der Waals surface area contributed by atoms with Gasteiger partial charge >= 0.3 is 0 Å². The van der Waals surface area contributed by atoms with Gasteiger partial charge in [-0.1, -0.05) is 54.6 Å². The summed E-state index contributed by atoms with van der Waals surface area (Å²) in [6.45, 7) is 4.00. The lowest BCUT2D eigenvalue weighted by atomic mass is 10.1. The minimum atomic E-state index is 0.786.